The van der Waals surface area contributed by atoms with Gasteiger partial charge in [-0.3, -0.25) is 3.97 Å². The second-order valence-corrected chi connectivity index (χ2v) is 7.01. The Morgan fingerprint density at radius 2 is 1.93 bits per heavy atom. The Hall–Kier alpha value is -2.99. The third kappa shape index (κ3) is 3.55. The average Bonchev–Trinajstić information content (AvgIpc) is 3.14. The molecule has 144 valence electrons. The molecule has 0 aliphatic rings. The van der Waals surface area contributed by atoms with Gasteiger partial charge in [0.25, 0.3) is 0 Å². The molecule has 0 amide bonds. The van der Waals surface area contributed by atoms with Crippen LogP contribution in [0.1, 0.15) is 10.4 Å². The number of benzene rings is 2. The zero-order valence-corrected chi connectivity index (χ0v) is 15.3. The molecule has 7 nitrogen and oxygen atoms in total. The lowest BCUT2D eigenvalue weighted by Gasteiger charge is -2.07. The molecule has 2 N–H and O–H groups in total. The summed E-state index contributed by atoms with van der Waals surface area (Å²) in [6, 6.07) is 8.25. The first kappa shape index (κ1) is 18.4. The molecule has 0 fully saturated rings. The number of thiol groups is 1. The molecule has 28 heavy (non-hydrogen) atoms. The standard InChI is InChI=1S/C16H9F3N4O3S2/c17-16(18,19)26-8-2-4-10-12(6-8)28-15(21-10)22-14-20-9-3-1-7(13(24)25)5-11(9)23(14)27/h1-6,27H,(H,24,25)(H,20,21,22). The zero-order valence-electron chi connectivity index (χ0n) is 13.6. The molecule has 2 heterocycles. The summed E-state index contributed by atoms with van der Waals surface area (Å²) in [4.78, 5) is 19.7. The maximum Gasteiger partial charge on any atom is 0.573 e. The van der Waals surface area contributed by atoms with Crippen LogP contribution in [0.3, 0.4) is 0 Å². The molecule has 12 heteroatoms. The van der Waals surface area contributed by atoms with Gasteiger partial charge in [-0.25, -0.2) is 14.8 Å². The molecule has 4 rings (SSSR count). The molecule has 0 spiro atoms. The first-order valence-corrected chi connectivity index (χ1v) is 8.80. The second-order valence-electron chi connectivity index (χ2n) is 5.58. The van der Waals surface area contributed by atoms with Crippen LogP contribution in [-0.2, 0) is 0 Å². The monoisotopic (exact) mass is 426 g/mol. The molecule has 0 bridgehead atoms. The highest BCUT2D eigenvalue weighted by molar-refractivity contribution is 7.79. The van der Waals surface area contributed by atoms with Crippen LogP contribution in [0.5, 0.6) is 5.75 Å². The van der Waals surface area contributed by atoms with E-state index in [1.807, 2.05) is 0 Å². The lowest BCUT2D eigenvalue weighted by molar-refractivity contribution is -0.274. The summed E-state index contributed by atoms with van der Waals surface area (Å²) in [6.45, 7) is 0. The molecule has 0 aliphatic heterocycles. The number of thiazole rings is 1. The Morgan fingerprint density at radius 3 is 2.64 bits per heavy atom. The number of imidazole rings is 1. The van der Waals surface area contributed by atoms with E-state index in [0.29, 0.717) is 26.4 Å². The van der Waals surface area contributed by atoms with Crippen molar-refractivity contribution in [1.82, 2.24) is 13.9 Å². The van der Waals surface area contributed by atoms with Gasteiger partial charge < -0.3 is 15.2 Å². The molecule has 2 aromatic heterocycles. The van der Waals surface area contributed by atoms with Crippen molar-refractivity contribution in [2.75, 3.05) is 5.32 Å². The van der Waals surface area contributed by atoms with E-state index in [2.05, 4.69) is 32.8 Å². The molecule has 0 aliphatic carbocycles. The predicted octanol–water partition coefficient (Wildman–Crippen LogP) is 4.68. The quantitative estimate of drug-likeness (QED) is 0.411. The molecule has 0 saturated heterocycles. The van der Waals surface area contributed by atoms with Crippen LogP contribution in [0.15, 0.2) is 36.4 Å². The lowest BCUT2D eigenvalue weighted by Crippen LogP contribution is -2.16. The van der Waals surface area contributed by atoms with Gasteiger partial charge in [-0.1, -0.05) is 24.2 Å². The van der Waals surface area contributed by atoms with Crippen molar-refractivity contribution in [2.45, 2.75) is 6.36 Å². The van der Waals surface area contributed by atoms with E-state index in [1.54, 1.807) is 6.07 Å². The van der Waals surface area contributed by atoms with Gasteiger partial charge in [0.2, 0.25) is 5.95 Å². The van der Waals surface area contributed by atoms with Crippen LogP contribution < -0.4 is 10.1 Å². The SMILES string of the molecule is O=C(O)c1ccc2nc(Nc3nc4ccc(OC(F)(F)F)cc4s3)n(S)c2c1. The summed E-state index contributed by atoms with van der Waals surface area (Å²) in [5, 5.41) is 12.4. The van der Waals surface area contributed by atoms with Crippen LogP contribution >= 0.6 is 24.2 Å². The number of nitrogens with zero attached hydrogens (tertiary/aromatic N) is 3. The number of carboxylic acids is 1. The first-order chi connectivity index (χ1) is 13.2. The van der Waals surface area contributed by atoms with Crippen LogP contribution in [0, 0.1) is 0 Å². The van der Waals surface area contributed by atoms with Gasteiger partial charge >= 0.3 is 12.3 Å². The van der Waals surface area contributed by atoms with Gasteiger partial charge in [0.05, 0.1) is 26.8 Å². The lowest BCUT2D eigenvalue weighted by atomic mass is 10.2. The van der Waals surface area contributed by atoms with Gasteiger partial charge in [0, 0.05) is 6.07 Å². The van der Waals surface area contributed by atoms with E-state index in [0.717, 1.165) is 11.3 Å². The van der Waals surface area contributed by atoms with Crippen LogP contribution in [0.25, 0.3) is 21.3 Å². The highest BCUT2D eigenvalue weighted by Crippen LogP contribution is 2.33. The Kier molecular flexibility index (Phi) is 4.31. The van der Waals surface area contributed by atoms with Crippen molar-refractivity contribution < 1.29 is 27.8 Å². The first-order valence-electron chi connectivity index (χ1n) is 7.58. The smallest absolute Gasteiger partial charge is 0.478 e. The van der Waals surface area contributed by atoms with E-state index in [9.17, 15) is 18.0 Å². The number of rotatable bonds is 4. The van der Waals surface area contributed by atoms with Crippen LogP contribution in [0.2, 0.25) is 0 Å². The van der Waals surface area contributed by atoms with E-state index >= 15 is 0 Å². The van der Waals surface area contributed by atoms with Crippen LogP contribution in [-0.4, -0.2) is 31.4 Å². The minimum absolute atomic E-state index is 0.0893. The number of hydrogen-bond acceptors (Lipinski definition) is 7. The number of anilines is 2. The van der Waals surface area contributed by atoms with E-state index < -0.39 is 12.3 Å². The number of halogens is 3. The summed E-state index contributed by atoms with van der Waals surface area (Å²) < 4.78 is 42.8. The fourth-order valence-corrected chi connectivity index (χ4v) is 3.67. The third-order valence-corrected chi connectivity index (χ3v) is 5.03. The van der Waals surface area contributed by atoms with Crippen molar-refractivity contribution in [3.05, 3.63) is 42.0 Å². The number of ether oxygens (including phenoxy) is 1. The largest absolute Gasteiger partial charge is 0.573 e. The summed E-state index contributed by atoms with van der Waals surface area (Å²) in [6.07, 6.45) is -4.77. The average molecular weight is 426 g/mol. The summed E-state index contributed by atoms with van der Waals surface area (Å²) >= 11 is 5.43. The number of alkyl halides is 3. The van der Waals surface area contributed by atoms with Gasteiger partial charge in [-0.2, -0.15) is 0 Å². The molecule has 0 atom stereocenters. The van der Waals surface area contributed by atoms with E-state index in [4.69, 9.17) is 5.11 Å². The normalized spacial score (nSPS) is 11.9. The Bertz CT molecular complexity index is 1220. The molecule has 0 saturated carbocycles. The molecule has 0 unspecified atom stereocenters. The van der Waals surface area contributed by atoms with Gasteiger partial charge in [0.1, 0.15) is 5.75 Å². The third-order valence-electron chi connectivity index (χ3n) is 3.69. The van der Waals surface area contributed by atoms with Gasteiger partial charge in [-0.05, 0) is 30.3 Å². The molecule has 2 aromatic carbocycles. The van der Waals surface area contributed by atoms with E-state index in [-0.39, 0.29) is 17.3 Å². The van der Waals surface area contributed by atoms with Crippen molar-refractivity contribution in [3.63, 3.8) is 0 Å². The minimum Gasteiger partial charge on any atom is -0.478 e. The number of aromatic nitrogens is 3. The fourth-order valence-electron chi connectivity index (χ4n) is 2.53. The summed E-state index contributed by atoms with van der Waals surface area (Å²) in [7, 11) is 0. The Balaban J connectivity index is 1.66. The van der Waals surface area contributed by atoms with Crippen molar-refractivity contribution >= 4 is 62.5 Å². The molecule has 0 radical (unpaired) electrons. The molecule has 4 aromatic rings. The van der Waals surface area contributed by atoms with Gasteiger partial charge in [-0.15, -0.1) is 13.2 Å². The van der Waals surface area contributed by atoms with Gasteiger partial charge in [0.15, 0.2) is 5.13 Å². The second kappa shape index (κ2) is 6.56. The highest BCUT2D eigenvalue weighted by atomic mass is 32.1. The van der Waals surface area contributed by atoms with Crippen molar-refractivity contribution in [3.8, 4) is 5.75 Å². The number of fused-ring (bicyclic) bond motifs is 2. The summed E-state index contributed by atoms with van der Waals surface area (Å²) in [5.74, 6) is -1.13. The number of carboxylic acid groups (broad SMARTS) is 1. The fraction of sp³-hybridized carbons (Fsp3) is 0.0625. The maximum atomic E-state index is 12.4. The van der Waals surface area contributed by atoms with Crippen LogP contribution in [0.4, 0.5) is 24.3 Å². The summed E-state index contributed by atoms with van der Waals surface area (Å²) in [5.41, 5.74) is 1.57. The number of carbonyl (C=O) groups is 1. The molecular formula is C16H9F3N4O3S2. The van der Waals surface area contributed by atoms with E-state index in [1.165, 1.54) is 34.3 Å². The number of aromatic carboxylic acids is 1. The zero-order chi connectivity index (χ0) is 20.1. The van der Waals surface area contributed by atoms with Crippen molar-refractivity contribution in [2.24, 2.45) is 0 Å². The number of hydrogen-bond donors (Lipinski definition) is 3. The predicted molar refractivity (Wildman–Crippen MR) is 101 cm³/mol. The number of nitrogens with one attached hydrogen (secondary N) is 1. The maximum absolute atomic E-state index is 12.4. The molecular weight excluding hydrogens is 417 g/mol. The Labute approximate surface area is 163 Å². The van der Waals surface area contributed by atoms with Crippen molar-refractivity contribution in [1.29, 1.82) is 0 Å². The topological polar surface area (TPSA) is 89.3 Å². The Morgan fingerprint density at radius 1 is 1.18 bits per heavy atom. The minimum atomic E-state index is -4.77. The highest BCUT2D eigenvalue weighted by Gasteiger charge is 2.31.